The minimum atomic E-state index is -3.01. The SMILES string of the molecule is O=C(NC1CCS(=O)(=O)CC1)c1cnn2ccc(N3CCC[C@@H]3c3cc(F)ccc3F)cc12. The molecule has 1 atom stereocenters. The number of hydrogen-bond donors (Lipinski definition) is 1. The molecule has 1 aromatic carbocycles. The molecule has 5 rings (SSSR count). The summed E-state index contributed by atoms with van der Waals surface area (Å²) in [5.41, 5.74) is 2.11. The number of amides is 1. The van der Waals surface area contributed by atoms with E-state index in [4.69, 9.17) is 0 Å². The zero-order chi connectivity index (χ0) is 23.2. The number of hydrogen-bond acceptors (Lipinski definition) is 5. The van der Waals surface area contributed by atoms with Gasteiger partial charge >= 0.3 is 0 Å². The van der Waals surface area contributed by atoms with Crippen molar-refractivity contribution in [3.05, 3.63) is 65.5 Å². The van der Waals surface area contributed by atoms with E-state index in [0.29, 0.717) is 42.5 Å². The zero-order valence-corrected chi connectivity index (χ0v) is 18.7. The maximum absolute atomic E-state index is 14.5. The highest BCUT2D eigenvalue weighted by molar-refractivity contribution is 7.91. The maximum Gasteiger partial charge on any atom is 0.255 e. The minimum Gasteiger partial charge on any atom is -0.364 e. The summed E-state index contributed by atoms with van der Waals surface area (Å²) in [4.78, 5) is 15.0. The van der Waals surface area contributed by atoms with Crippen LogP contribution in [0.2, 0.25) is 0 Å². The Hall–Kier alpha value is -3.01. The van der Waals surface area contributed by atoms with Gasteiger partial charge in [0, 0.05) is 30.0 Å². The first-order chi connectivity index (χ1) is 15.8. The zero-order valence-electron chi connectivity index (χ0n) is 17.9. The Kier molecular flexibility index (Phi) is 5.55. The van der Waals surface area contributed by atoms with E-state index in [0.717, 1.165) is 24.2 Å². The molecule has 174 valence electrons. The minimum absolute atomic E-state index is 0.0733. The highest BCUT2D eigenvalue weighted by Gasteiger charge is 2.30. The lowest BCUT2D eigenvalue weighted by atomic mass is 10.0. The molecular formula is C23H24F2N4O3S. The van der Waals surface area contributed by atoms with Crippen LogP contribution >= 0.6 is 0 Å². The monoisotopic (exact) mass is 474 g/mol. The van der Waals surface area contributed by atoms with Crippen molar-refractivity contribution in [1.82, 2.24) is 14.9 Å². The smallest absolute Gasteiger partial charge is 0.255 e. The van der Waals surface area contributed by atoms with Crippen molar-refractivity contribution < 1.29 is 22.0 Å². The molecule has 1 amide bonds. The van der Waals surface area contributed by atoms with Crippen LogP contribution in [0.15, 0.2) is 42.7 Å². The molecule has 2 aliphatic rings. The highest BCUT2D eigenvalue weighted by atomic mass is 32.2. The van der Waals surface area contributed by atoms with Gasteiger partial charge in [0.15, 0.2) is 0 Å². The van der Waals surface area contributed by atoms with Crippen molar-refractivity contribution in [2.75, 3.05) is 23.0 Å². The van der Waals surface area contributed by atoms with E-state index in [9.17, 15) is 22.0 Å². The number of benzene rings is 1. The van der Waals surface area contributed by atoms with E-state index in [1.807, 2.05) is 17.0 Å². The van der Waals surface area contributed by atoms with Crippen LogP contribution < -0.4 is 10.2 Å². The first-order valence-electron chi connectivity index (χ1n) is 11.0. The van der Waals surface area contributed by atoms with Crippen LogP contribution in [0, 0.1) is 11.6 Å². The van der Waals surface area contributed by atoms with Crippen molar-refractivity contribution in [2.45, 2.75) is 37.8 Å². The molecule has 7 nitrogen and oxygen atoms in total. The number of fused-ring (bicyclic) bond motifs is 1. The van der Waals surface area contributed by atoms with Crippen LogP contribution in [-0.4, -0.2) is 48.0 Å². The molecule has 0 aliphatic carbocycles. The summed E-state index contributed by atoms with van der Waals surface area (Å²) in [6.45, 7) is 0.684. The number of anilines is 1. The number of rotatable bonds is 4. The van der Waals surface area contributed by atoms with Gasteiger partial charge in [-0.2, -0.15) is 5.10 Å². The largest absolute Gasteiger partial charge is 0.364 e. The second kappa shape index (κ2) is 8.40. The first kappa shape index (κ1) is 21.8. The van der Waals surface area contributed by atoms with Crippen LogP contribution in [0.4, 0.5) is 14.5 Å². The molecule has 4 heterocycles. The number of nitrogens with one attached hydrogen (secondary N) is 1. The number of carbonyl (C=O) groups excluding carboxylic acids is 1. The Morgan fingerprint density at radius 3 is 2.67 bits per heavy atom. The fourth-order valence-corrected chi connectivity index (χ4v) is 6.28. The van der Waals surface area contributed by atoms with Crippen molar-refractivity contribution in [2.24, 2.45) is 0 Å². The summed E-state index contributed by atoms with van der Waals surface area (Å²) >= 11 is 0. The van der Waals surface area contributed by atoms with E-state index >= 15 is 0 Å². The number of nitrogens with zero attached hydrogens (tertiary/aromatic N) is 3. The standard InChI is InChI=1S/C23H24F2N4O3S/c24-15-3-4-20(25)18(12-15)21-2-1-8-28(21)17-5-9-29-22(13-17)19(14-26-29)23(30)27-16-6-10-33(31,32)11-7-16/h3-5,9,12-14,16,21H,1-2,6-8,10-11H2,(H,27,30)/t21-/m1/s1. The number of sulfone groups is 1. The molecule has 2 saturated heterocycles. The third kappa shape index (κ3) is 4.31. The van der Waals surface area contributed by atoms with Crippen LogP contribution in [0.1, 0.15) is 47.6 Å². The Morgan fingerprint density at radius 1 is 1.09 bits per heavy atom. The van der Waals surface area contributed by atoms with Crippen molar-refractivity contribution in [3.63, 3.8) is 0 Å². The Labute approximate surface area is 190 Å². The number of aromatic nitrogens is 2. The average molecular weight is 475 g/mol. The lowest BCUT2D eigenvalue weighted by Crippen LogP contribution is -2.40. The third-order valence-electron chi connectivity index (χ3n) is 6.54. The molecular weight excluding hydrogens is 450 g/mol. The summed E-state index contributed by atoms with van der Waals surface area (Å²) in [5, 5.41) is 7.19. The van der Waals surface area contributed by atoms with Gasteiger partial charge in [-0.05, 0) is 56.0 Å². The predicted octanol–water partition coefficient (Wildman–Crippen LogP) is 3.26. The van der Waals surface area contributed by atoms with E-state index in [2.05, 4.69) is 10.4 Å². The lowest BCUT2D eigenvalue weighted by molar-refractivity contribution is 0.0936. The summed E-state index contributed by atoms with van der Waals surface area (Å²) in [5.74, 6) is -1.07. The molecule has 0 unspecified atom stereocenters. The van der Waals surface area contributed by atoms with Gasteiger partial charge in [-0.25, -0.2) is 21.7 Å². The molecule has 2 fully saturated rings. The van der Waals surface area contributed by atoms with E-state index in [1.165, 1.54) is 12.3 Å². The summed E-state index contributed by atoms with van der Waals surface area (Å²) in [6, 6.07) is 6.71. The fraction of sp³-hybridized carbons (Fsp3) is 0.391. The van der Waals surface area contributed by atoms with Crippen LogP contribution in [-0.2, 0) is 9.84 Å². The van der Waals surface area contributed by atoms with Gasteiger partial charge in [-0.3, -0.25) is 4.79 Å². The van der Waals surface area contributed by atoms with Gasteiger partial charge in [-0.1, -0.05) is 0 Å². The molecule has 10 heteroatoms. The molecule has 3 aromatic rings. The molecule has 0 bridgehead atoms. The van der Waals surface area contributed by atoms with Gasteiger partial charge in [0.1, 0.15) is 21.5 Å². The Bertz CT molecular complexity index is 1310. The number of carbonyl (C=O) groups is 1. The molecule has 33 heavy (non-hydrogen) atoms. The average Bonchev–Trinajstić information content (AvgIpc) is 3.43. The number of pyridine rings is 1. The molecule has 2 aliphatic heterocycles. The third-order valence-corrected chi connectivity index (χ3v) is 8.26. The second-order valence-corrected chi connectivity index (χ2v) is 11.0. The number of halogens is 2. The van der Waals surface area contributed by atoms with Gasteiger partial charge in [-0.15, -0.1) is 0 Å². The van der Waals surface area contributed by atoms with Crippen molar-refractivity contribution in [3.8, 4) is 0 Å². The highest BCUT2D eigenvalue weighted by Crippen LogP contribution is 2.38. The summed E-state index contributed by atoms with van der Waals surface area (Å²) < 4.78 is 53.1. The normalized spacial score (nSPS) is 20.9. The van der Waals surface area contributed by atoms with E-state index in [1.54, 1.807) is 10.7 Å². The Balaban J connectivity index is 1.41. The molecule has 1 N–H and O–H groups in total. The predicted molar refractivity (Wildman–Crippen MR) is 120 cm³/mol. The summed E-state index contributed by atoms with van der Waals surface area (Å²) in [6.07, 6.45) is 5.56. The molecule has 0 spiro atoms. The second-order valence-electron chi connectivity index (χ2n) is 8.69. The lowest BCUT2D eigenvalue weighted by Gasteiger charge is -2.27. The quantitative estimate of drug-likeness (QED) is 0.628. The first-order valence-corrected chi connectivity index (χ1v) is 12.8. The Morgan fingerprint density at radius 2 is 1.88 bits per heavy atom. The van der Waals surface area contributed by atoms with Gasteiger partial charge < -0.3 is 10.2 Å². The van der Waals surface area contributed by atoms with Crippen molar-refractivity contribution in [1.29, 1.82) is 0 Å². The molecule has 0 saturated carbocycles. The van der Waals surface area contributed by atoms with Crippen molar-refractivity contribution >= 4 is 26.9 Å². The van der Waals surface area contributed by atoms with Gasteiger partial charge in [0.25, 0.3) is 5.91 Å². The molecule has 0 radical (unpaired) electrons. The summed E-state index contributed by atoms with van der Waals surface area (Å²) in [7, 11) is -3.01. The van der Waals surface area contributed by atoms with Gasteiger partial charge in [0.05, 0.1) is 34.8 Å². The van der Waals surface area contributed by atoms with E-state index < -0.39 is 21.5 Å². The maximum atomic E-state index is 14.5. The topological polar surface area (TPSA) is 83.8 Å². The van der Waals surface area contributed by atoms with Crippen LogP contribution in [0.25, 0.3) is 5.52 Å². The van der Waals surface area contributed by atoms with E-state index in [-0.39, 0.29) is 29.5 Å². The molecule has 2 aromatic heterocycles. The van der Waals surface area contributed by atoms with Gasteiger partial charge in [0.2, 0.25) is 0 Å². The van der Waals surface area contributed by atoms with Crippen LogP contribution in [0.3, 0.4) is 0 Å². The fourth-order valence-electron chi connectivity index (χ4n) is 4.79. The van der Waals surface area contributed by atoms with Crippen LogP contribution in [0.5, 0.6) is 0 Å².